The zero-order valence-electron chi connectivity index (χ0n) is 20.8. The third-order valence-electron chi connectivity index (χ3n) is 32.7. The summed E-state index contributed by atoms with van der Waals surface area (Å²) >= 11 is 0. The molecule has 20 rings (SSSR count). The van der Waals surface area contributed by atoms with Gasteiger partial charge in [-0.05, 0) is 0 Å². The van der Waals surface area contributed by atoms with Gasteiger partial charge in [-0.2, -0.15) is 0 Å². The number of aliphatic hydroxyl groups is 4. The van der Waals surface area contributed by atoms with E-state index in [0.717, 1.165) is 41.4 Å². The minimum atomic E-state index is -3.36. The Hall–Kier alpha value is 3.46. The second kappa shape index (κ2) is 1.91. The molecule has 4 nitrogen and oxygen atoms in total. The Balaban J connectivity index is 0.0000000841. The van der Waals surface area contributed by atoms with Gasteiger partial charge in [-0.3, -0.25) is 0 Å². The van der Waals surface area contributed by atoms with Crippen LogP contribution in [0.15, 0.2) is 0 Å². The first-order valence-corrected chi connectivity index (χ1v) is 32.9. The molecule has 20 heterocycles. The van der Waals surface area contributed by atoms with Crippen LogP contribution in [0.1, 0.15) is 0 Å². The van der Waals surface area contributed by atoms with Crippen molar-refractivity contribution in [2.75, 3.05) is 12.3 Å². The van der Waals surface area contributed by atoms with E-state index in [1.54, 1.807) is 0 Å². The van der Waals surface area contributed by atoms with Gasteiger partial charge in [-0.15, -0.1) is 0 Å². The topological polar surface area (TPSA) is 80.9 Å². The van der Waals surface area contributed by atoms with Gasteiger partial charge >= 0.3 is 217 Å². The number of hydrogen-bond donors (Lipinski definition) is 4. The van der Waals surface area contributed by atoms with E-state index < -0.39 is 25.1 Å². The molecule has 4 N–H and O–H groups in total. The fourth-order valence-corrected chi connectivity index (χ4v) is 214. The zero-order chi connectivity index (χ0) is 25.0. The van der Waals surface area contributed by atoms with Crippen molar-refractivity contribution in [1.29, 1.82) is 0 Å². The molecule has 212 valence electrons. The standard InChI is InChI=1S/C9H15O4P2.C7H13P4.2C5H5.2Fe/c10-8(11)14-4-6-2-1-3-7(6)5-15-9(12)13;8-6(9)4-2-1-3-5(4)7(10)11;2*1-2-4-5-3-1;;/h1-3,8-15H,4-5H2;1-3,6-7H,8-11H2;2*1-5H;;. The molecule has 0 aromatic heterocycles. The monoisotopic (exact) mass is 712 g/mol. The summed E-state index contributed by atoms with van der Waals surface area (Å²) in [4.78, 5) is 21.0. The van der Waals surface area contributed by atoms with Gasteiger partial charge in [0.1, 0.15) is 0 Å². The molecule has 0 aromatic rings. The Morgan fingerprint density at radius 3 is 1.00 bits per heavy atom. The minimum absolute atomic E-state index is 0.314. The average molecular weight is 712 g/mol. The van der Waals surface area contributed by atoms with Crippen LogP contribution in [0.4, 0.5) is 0 Å². The molecule has 12 heteroatoms. The van der Waals surface area contributed by atoms with E-state index in [4.69, 9.17) is 0 Å². The van der Waals surface area contributed by atoms with Crippen molar-refractivity contribution >= 4 is 54.1 Å². The van der Waals surface area contributed by atoms with Gasteiger partial charge in [0.2, 0.25) is 0 Å². The summed E-state index contributed by atoms with van der Waals surface area (Å²) in [5.74, 6) is 0. The Morgan fingerprint density at radius 1 is 0.500 bits per heavy atom. The first-order valence-electron chi connectivity index (χ1n) is 15.2. The van der Waals surface area contributed by atoms with E-state index in [0.29, 0.717) is 25.8 Å². The first kappa shape index (κ1) is 19.2. The molecule has 20 aliphatic rings. The Morgan fingerprint density at radius 2 is 0.816 bits per heavy atom. The van der Waals surface area contributed by atoms with Crippen LogP contribution in [0.5, 0.6) is 0 Å². The molecule has 20 fully saturated rings. The van der Waals surface area contributed by atoms with Crippen molar-refractivity contribution in [3.63, 3.8) is 0 Å². The summed E-state index contributed by atoms with van der Waals surface area (Å²) in [6.07, 6.45) is 2.25. The van der Waals surface area contributed by atoms with E-state index >= 15 is 0 Å². The van der Waals surface area contributed by atoms with E-state index in [9.17, 15) is 20.4 Å². The van der Waals surface area contributed by atoms with Crippen LogP contribution in [0.25, 0.3) is 0 Å². The molecular weight excluding hydrogens is 674 g/mol. The van der Waals surface area contributed by atoms with Gasteiger partial charge in [-0.25, -0.2) is 0 Å². The van der Waals surface area contributed by atoms with Crippen molar-refractivity contribution in [1.82, 2.24) is 0 Å². The molecule has 0 aliphatic carbocycles. The number of rotatable bonds is 8. The summed E-state index contributed by atoms with van der Waals surface area (Å²) < 4.78 is 3.26. The molecule has 14 unspecified atom stereocenters. The van der Waals surface area contributed by atoms with Crippen LogP contribution >= 0.6 is 54.1 Å². The molecule has 14 atom stereocenters. The molecule has 0 amide bonds. The van der Waals surface area contributed by atoms with Crippen LogP contribution in [0.2, 0.25) is 94.3 Å². The summed E-state index contributed by atoms with van der Waals surface area (Å²) in [7, 11) is 13.8. The molecule has 0 aromatic carbocycles. The van der Waals surface area contributed by atoms with Crippen LogP contribution in [0.3, 0.4) is 0 Å². The van der Waals surface area contributed by atoms with Gasteiger partial charge in [0.25, 0.3) is 0 Å². The average Bonchev–Trinajstić information content (AvgIpc) is 3.73. The zero-order valence-corrected chi connectivity index (χ0v) is 29.6. The van der Waals surface area contributed by atoms with Gasteiger partial charge < -0.3 is 0 Å². The second-order valence-corrected chi connectivity index (χ2v) is 76.2. The summed E-state index contributed by atoms with van der Waals surface area (Å²) in [5.41, 5.74) is 0. The molecule has 0 radical (unpaired) electrons. The predicted molar refractivity (Wildman–Crippen MR) is 160 cm³/mol. The SMILES string of the molecule is OC(O)PC[C]12[CH]3[CH]4[CH]5[C]1(CPC(O)O)[Fe]43521678[CH]2[CH]1[CH]6[CH]7[CH]28.PC(P)[C]12[CH]3[CH]4[CH]5[C]1(C(P)P)[Fe]43521678[CH]2[CH]1[CH]6[CH]7[CH]28. The quantitative estimate of drug-likeness (QED) is 0.136. The van der Waals surface area contributed by atoms with Crippen LogP contribution in [0, 0.1) is 0 Å². The van der Waals surface area contributed by atoms with Crippen molar-refractivity contribution in [3.05, 3.63) is 0 Å². The van der Waals surface area contributed by atoms with Crippen LogP contribution in [-0.2, 0) is 13.0 Å². The third kappa shape index (κ3) is 0.252. The molecule has 0 bridgehead atoms. The number of hydrogen-bond acceptors (Lipinski definition) is 4. The first-order chi connectivity index (χ1) is 17.6. The van der Waals surface area contributed by atoms with Crippen molar-refractivity contribution < 1.29 is 33.4 Å². The summed E-state index contributed by atoms with van der Waals surface area (Å²) in [6.45, 7) is -6.34. The predicted octanol–water partition coefficient (Wildman–Crippen LogP) is 6.28. The maximum absolute atomic E-state index is 9.46. The van der Waals surface area contributed by atoms with Crippen LogP contribution in [-0.4, -0.2) is 55.6 Å². The summed E-state index contributed by atoms with van der Waals surface area (Å²) in [5, 5.41) is 39.6. The van der Waals surface area contributed by atoms with E-state index in [2.05, 4.69) is 37.0 Å². The van der Waals surface area contributed by atoms with Gasteiger partial charge in [0, 0.05) is 0 Å². The maximum atomic E-state index is 9.46. The Labute approximate surface area is 215 Å². The fourth-order valence-electron chi connectivity index (χ4n) is 37.8. The molecular formula is C26H38Fe2O4P6. The third-order valence-corrected chi connectivity index (χ3v) is 126. The molecule has 2 spiro atoms. The summed E-state index contributed by atoms with van der Waals surface area (Å²) in [6, 6.07) is -2.21. The molecule has 20 saturated heterocycles. The van der Waals surface area contributed by atoms with E-state index in [1.807, 2.05) is 0 Å². The van der Waals surface area contributed by atoms with E-state index in [1.165, 1.54) is 67.4 Å². The number of aliphatic hydroxyl groups excluding tert-OH is 2. The van der Waals surface area contributed by atoms with Crippen molar-refractivity contribution in [2.45, 2.75) is 117 Å². The molecule has 0 saturated carbocycles. The molecule has 20 aliphatic heterocycles. The van der Waals surface area contributed by atoms with Crippen molar-refractivity contribution in [2.24, 2.45) is 0 Å². The van der Waals surface area contributed by atoms with Crippen LogP contribution < -0.4 is 0 Å². The van der Waals surface area contributed by atoms with Gasteiger partial charge in [-0.1, -0.05) is 0 Å². The second-order valence-electron chi connectivity index (χ2n) is 22.5. The van der Waals surface area contributed by atoms with Gasteiger partial charge in [0.05, 0.1) is 0 Å². The molecule has 38 heavy (non-hydrogen) atoms. The fraction of sp³-hybridized carbons (Fsp3) is 1.00. The van der Waals surface area contributed by atoms with Crippen molar-refractivity contribution in [3.8, 4) is 0 Å². The normalized spacial score (nSPS) is 113. The van der Waals surface area contributed by atoms with Gasteiger partial charge in [0.15, 0.2) is 0 Å². The Bertz CT molecular complexity index is 2250. The number of fused-ring (bicyclic) bond motifs is 20. The van der Waals surface area contributed by atoms with E-state index in [-0.39, 0.29) is 0 Å². The Kier molecular flexibility index (Phi) is 0.966.